The smallest absolute Gasteiger partial charge is 0.222 e. The summed E-state index contributed by atoms with van der Waals surface area (Å²) >= 11 is 0. The molecule has 43 heavy (non-hydrogen) atoms. The number of benzene rings is 1. The summed E-state index contributed by atoms with van der Waals surface area (Å²) in [5, 5.41) is 21.1. The largest absolute Gasteiger partial charge is 0.508 e. The first kappa shape index (κ1) is 34.2. The number of carbonyl (C=O) groups excluding carboxylic acids is 1. The van der Waals surface area contributed by atoms with Crippen molar-refractivity contribution in [1.82, 2.24) is 4.90 Å². The van der Waals surface area contributed by atoms with Gasteiger partial charge >= 0.3 is 0 Å². The molecule has 1 aromatic rings. The second kappa shape index (κ2) is 16.6. The summed E-state index contributed by atoms with van der Waals surface area (Å²) in [7, 11) is 1.69. The Kier molecular flexibility index (Phi) is 13.2. The van der Waals surface area contributed by atoms with Crippen LogP contribution in [-0.2, 0) is 16.0 Å². The zero-order valence-electron chi connectivity index (χ0n) is 27.4. The van der Waals surface area contributed by atoms with Crippen LogP contribution in [0.15, 0.2) is 18.2 Å². The molecule has 244 valence electrons. The maximum absolute atomic E-state index is 16.0. The molecule has 6 heteroatoms. The van der Waals surface area contributed by atoms with Gasteiger partial charge in [-0.15, -0.1) is 0 Å². The average molecular weight is 602 g/mol. The molecular weight excluding hydrogens is 541 g/mol. The standard InChI is InChI=1S/C37H60FNO4/c1-4-5-6-7-8-9-10-11-12-16-34(42)39(22-23-43-3)21-14-13-15-27-24-28-25-29(40)17-18-30(28)36-32(38)26-37(2)31(35(27)36)19-20-33(37)41/h17-18,25,27,31-33,35-36,40-41H,4-16,19-24,26H2,1-3H3/t27-,31+,32+,33+,35+,36+,37+/m1/s1. The van der Waals surface area contributed by atoms with E-state index < -0.39 is 12.3 Å². The zero-order chi connectivity index (χ0) is 30.8. The first-order valence-electron chi connectivity index (χ1n) is 17.7. The topological polar surface area (TPSA) is 70.0 Å². The van der Waals surface area contributed by atoms with Crippen LogP contribution in [0.2, 0.25) is 0 Å². The monoisotopic (exact) mass is 601 g/mol. The molecule has 7 atom stereocenters. The third-order valence-electron chi connectivity index (χ3n) is 11.4. The molecular formula is C37H60FNO4. The molecule has 2 fully saturated rings. The van der Waals surface area contributed by atoms with Crippen LogP contribution in [0.3, 0.4) is 0 Å². The molecule has 3 aliphatic rings. The summed E-state index contributed by atoms with van der Waals surface area (Å²) in [6.45, 7) is 6.30. The van der Waals surface area contributed by atoms with Crippen LogP contribution >= 0.6 is 0 Å². The highest BCUT2D eigenvalue weighted by atomic mass is 19.1. The van der Waals surface area contributed by atoms with E-state index in [1.54, 1.807) is 13.2 Å². The maximum Gasteiger partial charge on any atom is 0.222 e. The average Bonchev–Trinajstić information content (AvgIpc) is 3.28. The van der Waals surface area contributed by atoms with Crippen LogP contribution in [0.5, 0.6) is 5.75 Å². The summed E-state index contributed by atoms with van der Waals surface area (Å²) in [6.07, 6.45) is 16.3. The van der Waals surface area contributed by atoms with Gasteiger partial charge in [-0.1, -0.05) is 77.7 Å². The minimum absolute atomic E-state index is 0.158. The Morgan fingerprint density at radius 3 is 2.47 bits per heavy atom. The number of aromatic hydroxyl groups is 1. The van der Waals surface area contributed by atoms with Crippen LogP contribution in [0, 0.1) is 23.2 Å². The third kappa shape index (κ3) is 8.54. The van der Waals surface area contributed by atoms with Gasteiger partial charge in [-0.2, -0.15) is 0 Å². The fourth-order valence-electron chi connectivity index (χ4n) is 9.05. The van der Waals surface area contributed by atoms with Crippen LogP contribution in [0.1, 0.15) is 134 Å². The normalized spacial score (nSPS) is 29.6. The van der Waals surface area contributed by atoms with E-state index in [2.05, 4.69) is 13.8 Å². The van der Waals surface area contributed by atoms with Crippen molar-refractivity contribution < 1.29 is 24.1 Å². The van der Waals surface area contributed by atoms with E-state index in [4.69, 9.17) is 4.74 Å². The molecule has 4 rings (SSSR count). The number of rotatable bonds is 18. The van der Waals surface area contributed by atoms with Gasteiger partial charge in [-0.25, -0.2) is 4.39 Å². The molecule has 1 amide bonds. The lowest BCUT2D eigenvalue weighted by Gasteiger charge is -2.54. The molecule has 0 saturated heterocycles. The van der Waals surface area contributed by atoms with Crippen molar-refractivity contribution in [1.29, 1.82) is 0 Å². The Labute approximate surface area is 261 Å². The Bertz CT molecular complexity index is 1000. The molecule has 0 bridgehead atoms. The van der Waals surface area contributed by atoms with E-state index in [9.17, 15) is 15.0 Å². The fourth-order valence-corrected chi connectivity index (χ4v) is 9.05. The summed E-state index contributed by atoms with van der Waals surface area (Å²) in [6, 6.07) is 5.51. The Morgan fingerprint density at radius 1 is 1.02 bits per heavy atom. The van der Waals surface area contributed by atoms with Gasteiger partial charge in [0.2, 0.25) is 5.91 Å². The summed E-state index contributed by atoms with van der Waals surface area (Å²) in [5.41, 5.74) is 1.81. The van der Waals surface area contributed by atoms with Crippen LogP contribution in [0.4, 0.5) is 4.39 Å². The van der Waals surface area contributed by atoms with Crippen molar-refractivity contribution in [2.75, 3.05) is 26.8 Å². The molecule has 1 aromatic carbocycles. The lowest BCUT2D eigenvalue weighted by molar-refractivity contribution is -0.132. The molecule has 0 aliphatic heterocycles. The van der Waals surface area contributed by atoms with E-state index in [1.807, 2.05) is 17.0 Å². The van der Waals surface area contributed by atoms with Crippen molar-refractivity contribution in [3.63, 3.8) is 0 Å². The molecule has 0 radical (unpaired) electrons. The van der Waals surface area contributed by atoms with Gasteiger partial charge in [0.1, 0.15) is 11.9 Å². The van der Waals surface area contributed by atoms with E-state index in [1.165, 1.54) is 44.9 Å². The van der Waals surface area contributed by atoms with Crippen molar-refractivity contribution in [2.24, 2.45) is 23.2 Å². The minimum atomic E-state index is -0.978. The zero-order valence-corrected chi connectivity index (χ0v) is 27.4. The molecule has 0 heterocycles. The molecule has 3 aliphatic carbocycles. The molecule has 2 N–H and O–H groups in total. The lowest BCUT2D eigenvalue weighted by Crippen LogP contribution is -2.51. The first-order chi connectivity index (χ1) is 20.8. The number of fused-ring (bicyclic) bond motifs is 5. The van der Waals surface area contributed by atoms with E-state index in [0.717, 1.165) is 69.0 Å². The predicted octanol–water partition coefficient (Wildman–Crippen LogP) is 8.35. The number of halogens is 1. The van der Waals surface area contributed by atoms with Crippen LogP contribution in [-0.4, -0.2) is 60.1 Å². The van der Waals surface area contributed by atoms with E-state index in [-0.39, 0.29) is 28.9 Å². The van der Waals surface area contributed by atoms with Gasteiger partial charge in [-0.05, 0) is 91.4 Å². The number of aliphatic hydroxyl groups is 1. The quantitative estimate of drug-likeness (QED) is 0.166. The Morgan fingerprint density at radius 2 is 1.74 bits per heavy atom. The number of alkyl halides is 1. The lowest BCUT2D eigenvalue weighted by atomic mass is 9.51. The van der Waals surface area contributed by atoms with Gasteiger partial charge in [-0.3, -0.25) is 4.79 Å². The van der Waals surface area contributed by atoms with E-state index >= 15 is 4.39 Å². The molecule has 0 aromatic heterocycles. The maximum atomic E-state index is 16.0. The number of phenolic OH excluding ortho intramolecular Hbond substituents is 1. The fraction of sp³-hybridized carbons (Fsp3) is 0.811. The van der Waals surface area contributed by atoms with Gasteiger partial charge in [0.25, 0.3) is 0 Å². The Balaban J connectivity index is 1.30. The molecule has 0 spiro atoms. The van der Waals surface area contributed by atoms with Crippen molar-refractivity contribution in [2.45, 2.75) is 141 Å². The van der Waals surface area contributed by atoms with Gasteiger partial charge in [0.15, 0.2) is 0 Å². The van der Waals surface area contributed by atoms with Gasteiger partial charge in [0, 0.05) is 32.5 Å². The van der Waals surface area contributed by atoms with Crippen molar-refractivity contribution in [3.05, 3.63) is 29.3 Å². The number of methoxy groups -OCH3 is 1. The number of unbranched alkanes of at least 4 members (excludes halogenated alkanes) is 9. The number of nitrogens with zero attached hydrogens (tertiary/aromatic N) is 1. The SMILES string of the molecule is CCCCCCCCCCCC(=O)N(CCCC[C@@H]1Cc2cc(O)ccc2[C@@H]2[C@@H]1[C@@H]1CC[C@H](O)[C@@]1(C)C[C@@H]2F)CCOC. The second-order valence-corrected chi connectivity index (χ2v) is 14.3. The number of amides is 1. The van der Waals surface area contributed by atoms with Crippen LogP contribution < -0.4 is 0 Å². The van der Waals surface area contributed by atoms with Crippen LogP contribution in [0.25, 0.3) is 0 Å². The second-order valence-electron chi connectivity index (χ2n) is 14.3. The summed E-state index contributed by atoms with van der Waals surface area (Å²) in [5.74, 6) is 1.18. The number of hydrogen-bond donors (Lipinski definition) is 2. The van der Waals surface area contributed by atoms with Crippen molar-refractivity contribution >= 4 is 5.91 Å². The number of aliphatic hydroxyl groups excluding tert-OH is 1. The number of phenols is 1. The Hall–Kier alpha value is -1.66. The highest BCUT2D eigenvalue weighted by Gasteiger charge is 2.59. The number of hydrogen-bond acceptors (Lipinski definition) is 4. The minimum Gasteiger partial charge on any atom is -0.508 e. The third-order valence-corrected chi connectivity index (χ3v) is 11.4. The van der Waals surface area contributed by atoms with Gasteiger partial charge < -0.3 is 19.8 Å². The predicted molar refractivity (Wildman–Crippen MR) is 172 cm³/mol. The summed E-state index contributed by atoms with van der Waals surface area (Å²) in [4.78, 5) is 15.1. The molecule has 0 unspecified atom stereocenters. The van der Waals surface area contributed by atoms with E-state index in [0.29, 0.717) is 37.8 Å². The molecule has 2 saturated carbocycles. The molecule has 5 nitrogen and oxygen atoms in total. The van der Waals surface area contributed by atoms with Gasteiger partial charge in [0.05, 0.1) is 12.7 Å². The number of carbonyl (C=O) groups is 1. The van der Waals surface area contributed by atoms with Crippen molar-refractivity contribution in [3.8, 4) is 5.75 Å². The summed E-state index contributed by atoms with van der Waals surface area (Å²) < 4.78 is 21.4. The number of ether oxygens (including phenoxy) is 1. The first-order valence-corrected chi connectivity index (χ1v) is 17.7. The highest BCUT2D eigenvalue weighted by molar-refractivity contribution is 5.76. The highest BCUT2D eigenvalue weighted by Crippen LogP contribution is 2.63.